The second-order valence-corrected chi connectivity index (χ2v) is 4.56. The Morgan fingerprint density at radius 2 is 2.33 bits per heavy atom. The van der Waals surface area contributed by atoms with Crippen LogP contribution in [0.3, 0.4) is 0 Å². The fraction of sp³-hybridized carbons (Fsp3) is 0.750. The standard InChI is InChI=1S/C12H20N2O/c1-13-11-7-8-14(12(11)15)9-10-5-3-2-4-6-10/h2-3,10-11,13H,4-9H2,1H3. The molecule has 1 aliphatic carbocycles. The number of nitrogens with one attached hydrogen (secondary N) is 1. The summed E-state index contributed by atoms with van der Waals surface area (Å²) in [6.07, 6.45) is 9.04. The number of likely N-dealkylation sites (N-methyl/N-ethyl adjacent to an activating group) is 1. The van der Waals surface area contributed by atoms with Crippen molar-refractivity contribution >= 4 is 5.91 Å². The smallest absolute Gasteiger partial charge is 0.239 e. The van der Waals surface area contributed by atoms with Crippen molar-refractivity contribution in [2.24, 2.45) is 5.92 Å². The molecule has 3 heteroatoms. The minimum atomic E-state index is 0.0733. The average Bonchev–Trinajstić information content (AvgIpc) is 2.62. The second-order valence-electron chi connectivity index (χ2n) is 4.56. The Morgan fingerprint density at radius 3 is 2.93 bits per heavy atom. The van der Waals surface area contributed by atoms with E-state index < -0.39 is 0 Å². The van der Waals surface area contributed by atoms with Crippen LogP contribution < -0.4 is 5.32 Å². The van der Waals surface area contributed by atoms with Gasteiger partial charge in [0.2, 0.25) is 5.91 Å². The first kappa shape index (κ1) is 10.7. The summed E-state index contributed by atoms with van der Waals surface area (Å²) >= 11 is 0. The lowest BCUT2D eigenvalue weighted by atomic mass is 9.94. The fourth-order valence-corrected chi connectivity index (χ4v) is 2.52. The molecular weight excluding hydrogens is 188 g/mol. The zero-order valence-electron chi connectivity index (χ0n) is 9.41. The molecule has 2 aliphatic rings. The molecule has 0 spiro atoms. The molecule has 0 aromatic heterocycles. The van der Waals surface area contributed by atoms with Gasteiger partial charge in [-0.2, -0.15) is 0 Å². The number of carbonyl (C=O) groups excluding carboxylic acids is 1. The van der Waals surface area contributed by atoms with Gasteiger partial charge in [0.15, 0.2) is 0 Å². The van der Waals surface area contributed by atoms with Gasteiger partial charge in [0.1, 0.15) is 0 Å². The molecule has 0 aromatic rings. The van der Waals surface area contributed by atoms with E-state index in [4.69, 9.17) is 0 Å². The van der Waals surface area contributed by atoms with Crippen molar-refractivity contribution < 1.29 is 4.79 Å². The van der Waals surface area contributed by atoms with E-state index in [1.807, 2.05) is 11.9 Å². The Morgan fingerprint density at radius 1 is 1.47 bits per heavy atom. The molecule has 1 saturated heterocycles. The normalized spacial score (nSPS) is 31.3. The predicted molar refractivity (Wildman–Crippen MR) is 60.5 cm³/mol. The highest BCUT2D eigenvalue weighted by Gasteiger charge is 2.31. The number of allylic oxidation sites excluding steroid dienone is 2. The van der Waals surface area contributed by atoms with E-state index in [0.717, 1.165) is 25.9 Å². The summed E-state index contributed by atoms with van der Waals surface area (Å²) in [5.41, 5.74) is 0. The van der Waals surface area contributed by atoms with Crippen LogP contribution in [0.2, 0.25) is 0 Å². The highest BCUT2D eigenvalue weighted by atomic mass is 16.2. The summed E-state index contributed by atoms with van der Waals surface area (Å²) in [5.74, 6) is 0.988. The van der Waals surface area contributed by atoms with Gasteiger partial charge in [0.25, 0.3) is 0 Å². The highest BCUT2D eigenvalue weighted by molar-refractivity contribution is 5.83. The SMILES string of the molecule is CNC1CCN(CC2CC=CCC2)C1=O. The maximum absolute atomic E-state index is 11.9. The van der Waals surface area contributed by atoms with E-state index in [-0.39, 0.29) is 6.04 Å². The van der Waals surface area contributed by atoms with Crippen LogP contribution in [0.15, 0.2) is 12.2 Å². The van der Waals surface area contributed by atoms with Crippen LogP contribution in [-0.2, 0) is 4.79 Å². The first-order valence-corrected chi connectivity index (χ1v) is 5.92. The van der Waals surface area contributed by atoms with Gasteiger partial charge >= 0.3 is 0 Å². The lowest BCUT2D eigenvalue weighted by Gasteiger charge is -2.24. The molecule has 0 aromatic carbocycles. The molecule has 1 N–H and O–H groups in total. The minimum Gasteiger partial charge on any atom is -0.341 e. The molecule has 1 heterocycles. The minimum absolute atomic E-state index is 0.0733. The van der Waals surface area contributed by atoms with Crippen molar-refractivity contribution in [3.8, 4) is 0 Å². The number of hydrogen-bond acceptors (Lipinski definition) is 2. The molecule has 2 unspecified atom stereocenters. The number of likely N-dealkylation sites (tertiary alicyclic amines) is 1. The molecule has 2 atom stereocenters. The maximum atomic E-state index is 11.9. The molecule has 0 saturated carbocycles. The van der Waals surface area contributed by atoms with Gasteiger partial charge in [0.05, 0.1) is 6.04 Å². The number of carbonyl (C=O) groups is 1. The van der Waals surface area contributed by atoms with E-state index in [0.29, 0.717) is 11.8 Å². The Labute approximate surface area is 91.5 Å². The lowest BCUT2D eigenvalue weighted by molar-refractivity contribution is -0.129. The van der Waals surface area contributed by atoms with Gasteiger partial charge in [0, 0.05) is 13.1 Å². The van der Waals surface area contributed by atoms with Gasteiger partial charge in [-0.15, -0.1) is 0 Å². The summed E-state index contributed by atoms with van der Waals surface area (Å²) in [6, 6.07) is 0.0733. The monoisotopic (exact) mass is 208 g/mol. The fourth-order valence-electron chi connectivity index (χ4n) is 2.52. The molecule has 2 rings (SSSR count). The van der Waals surface area contributed by atoms with E-state index in [1.54, 1.807) is 0 Å². The molecule has 1 amide bonds. The van der Waals surface area contributed by atoms with Gasteiger partial charge in [-0.05, 0) is 38.6 Å². The predicted octanol–water partition coefficient (Wildman–Crippen LogP) is 1.16. The lowest BCUT2D eigenvalue weighted by Crippen LogP contribution is -2.38. The van der Waals surface area contributed by atoms with Gasteiger partial charge < -0.3 is 10.2 Å². The summed E-state index contributed by atoms with van der Waals surface area (Å²) in [4.78, 5) is 13.9. The Bertz CT molecular complexity index is 262. The van der Waals surface area contributed by atoms with Crippen LogP contribution in [0.1, 0.15) is 25.7 Å². The number of amides is 1. The Balaban J connectivity index is 1.85. The molecule has 1 fully saturated rings. The second kappa shape index (κ2) is 4.79. The summed E-state index contributed by atoms with van der Waals surface area (Å²) in [5, 5.41) is 3.08. The molecule has 1 aliphatic heterocycles. The van der Waals surface area contributed by atoms with E-state index in [1.165, 1.54) is 12.8 Å². The van der Waals surface area contributed by atoms with Crippen LogP contribution in [0.5, 0.6) is 0 Å². The largest absolute Gasteiger partial charge is 0.341 e. The van der Waals surface area contributed by atoms with Gasteiger partial charge in [-0.3, -0.25) is 4.79 Å². The van der Waals surface area contributed by atoms with Gasteiger partial charge in [-0.1, -0.05) is 12.2 Å². The molecule has 0 bridgehead atoms. The van der Waals surface area contributed by atoms with E-state index in [9.17, 15) is 4.79 Å². The third kappa shape index (κ3) is 2.40. The zero-order valence-corrected chi connectivity index (χ0v) is 9.41. The number of nitrogens with zero attached hydrogens (tertiary/aromatic N) is 1. The Kier molecular flexibility index (Phi) is 3.41. The quantitative estimate of drug-likeness (QED) is 0.706. The van der Waals surface area contributed by atoms with Crippen molar-refractivity contribution in [3.05, 3.63) is 12.2 Å². The molecule has 84 valence electrons. The van der Waals surface area contributed by atoms with Crippen molar-refractivity contribution in [1.29, 1.82) is 0 Å². The summed E-state index contributed by atoms with van der Waals surface area (Å²) < 4.78 is 0. The third-order valence-electron chi connectivity index (χ3n) is 3.50. The molecular formula is C12H20N2O. The first-order chi connectivity index (χ1) is 7.31. The average molecular weight is 208 g/mol. The van der Waals surface area contributed by atoms with Crippen LogP contribution in [-0.4, -0.2) is 37.0 Å². The number of hydrogen-bond donors (Lipinski definition) is 1. The molecule has 0 radical (unpaired) electrons. The van der Waals surface area contributed by atoms with Crippen molar-refractivity contribution in [2.45, 2.75) is 31.7 Å². The summed E-state index contributed by atoms with van der Waals surface area (Å²) in [6.45, 7) is 1.89. The topological polar surface area (TPSA) is 32.3 Å². The van der Waals surface area contributed by atoms with E-state index >= 15 is 0 Å². The van der Waals surface area contributed by atoms with Crippen LogP contribution in [0.25, 0.3) is 0 Å². The van der Waals surface area contributed by atoms with Gasteiger partial charge in [-0.25, -0.2) is 0 Å². The Hall–Kier alpha value is -0.830. The van der Waals surface area contributed by atoms with Crippen LogP contribution in [0.4, 0.5) is 0 Å². The van der Waals surface area contributed by atoms with Crippen molar-refractivity contribution in [2.75, 3.05) is 20.1 Å². The molecule has 15 heavy (non-hydrogen) atoms. The summed E-state index contributed by atoms with van der Waals surface area (Å²) in [7, 11) is 1.87. The first-order valence-electron chi connectivity index (χ1n) is 5.92. The van der Waals surface area contributed by atoms with E-state index in [2.05, 4.69) is 17.5 Å². The highest BCUT2D eigenvalue weighted by Crippen LogP contribution is 2.21. The zero-order chi connectivity index (χ0) is 10.7. The molecule has 3 nitrogen and oxygen atoms in total. The maximum Gasteiger partial charge on any atom is 0.239 e. The van der Waals surface area contributed by atoms with Crippen LogP contribution in [0, 0.1) is 5.92 Å². The van der Waals surface area contributed by atoms with Crippen LogP contribution >= 0.6 is 0 Å². The number of rotatable bonds is 3. The van der Waals surface area contributed by atoms with Crippen molar-refractivity contribution in [1.82, 2.24) is 10.2 Å². The third-order valence-corrected chi connectivity index (χ3v) is 3.50. The van der Waals surface area contributed by atoms with Crippen molar-refractivity contribution in [3.63, 3.8) is 0 Å².